The first-order valence-electron chi connectivity index (χ1n) is 6.01. The standard InChI is InChI=1S/C13H17N3O3/c1-4-8-5-10(17-2)11(18-3)6-9(8)13-15-12(7-14)19-16-13/h5-6H,4,7,14H2,1-3H3. The van der Waals surface area contributed by atoms with Gasteiger partial charge in [-0.15, -0.1) is 0 Å². The molecule has 2 aromatic rings. The number of aryl methyl sites for hydroxylation is 1. The largest absolute Gasteiger partial charge is 0.493 e. The maximum absolute atomic E-state index is 5.47. The van der Waals surface area contributed by atoms with E-state index in [4.69, 9.17) is 19.7 Å². The van der Waals surface area contributed by atoms with Crippen molar-refractivity contribution >= 4 is 0 Å². The number of methoxy groups -OCH3 is 2. The van der Waals surface area contributed by atoms with E-state index in [1.165, 1.54) is 0 Å². The summed E-state index contributed by atoms with van der Waals surface area (Å²) in [6.45, 7) is 2.27. The highest BCUT2D eigenvalue weighted by molar-refractivity contribution is 5.65. The van der Waals surface area contributed by atoms with Crippen molar-refractivity contribution in [1.82, 2.24) is 10.1 Å². The molecule has 0 unspecified atom stereocenters. The summed E-state index contributed by atoms with van der Waals surface area (Å²) in [4.78, 5) is 4.24. The molecule has 19 heavy (non-hydrogen) atoms. The molecule has 1 heterocycles. The average molecular weight is 263 g/mol. The number of nitrogens with two attached hydrogens (primary N) is 1. The van der Waals surface area contributed by atoms with Gasteiger partial charge in [0.25, 0.3) is 0 Å². The predicted octanol–water partition coefficient (Wildman–Crippen LogP) is 1.77. The summed E-state index contributed by atoms with van der Waals surface area (Å²) in [5.74, 6) is 2.24. The molecule has 6 heteroatoms. The molecule has 0 amide bonds. The minimum Gasteiger partial charge on any atom is -0.493 e. The Morgan fingerprint density at radius 1 is 1.21 bits per heavy atom. The quantitative estimate of drug-likeness (QED) is 0.885. The molecule has 1 aromatic heterocycles. The van der Waals surface area contributed by atoms with Crippen molar-refractivity contribution in [3.05, 3.63) is 23.6 Å². The smallest absolute Gasteiger partial charge is 0.240 e. The number of aromatic nitrogens is 2. The Bertz CT molecular complexity index is 566. The average Bonchev–Trinajstić information content (AvgIpc) is 2.94. The van der Waals surface area contributed by atoms with Gasteiger partial charge in [-0.05, 0) is 24.1 Å². The SMILES string of the molecule is CCc1cc(OC)c(OC)cc1-c1noc(CN)n1. The number of rotatable bonds is 5. The monoisotopic (exact) mass is 263 g/mol. The molecule has 0 atom stereocenters. The highest BCUT2D eigenvalue weighted by atomic mass is 16.5. The molecule has 0 aliphatic rings. The Hall–Kier alpha value is -2.08. The Morgan fingerprint density at radius 2 is 1.89 bits per heavy atom. The van der Waals surface area contributed by atoms with Gasteiger partial charge in [0, 0.05) is 5.56 Å². The van der Waals surface area contributed by atoms with Gasteiger partial charge in [-0.25, -0.2) is 0 Å². The zero-order chi connectivity index (χ0) is 13.8. The van der Waals surface area contributed by atoms with Gasteiger partial charge in [-0.3, -0.25) is 0 Å². The first-order valence-corrected chi connectivity index (χ1v) is 6.01. The van der Waals surface area contributed by atoms with Crippen LogP contribution < -0.4 is 15.2 Å². The molecule has 0 aliphatic heterocycles. The maximum atomic E-state index is 5.47. The normalized spacial score (nSPS) is 10.5. The van der Waals surface area contributed by atoms with Gasteiger partial charge < -0.3 is 19.7 Å². The molecule has 0 saturated carbocycles. The Morgan fingerprint density at radius 3 is 2.42 bits per heavy atom. The van der Waals surface area contributed by atoms with E-state index in [0.29, 0.717) is 23.2 Å². The highest BCUT2D eigenvalue weighted by Gasteiger charge is 2.15. The second-order valence-electron chi connectivity index (χ2n) is 3.93. The molecule has 0 radical (unpaired) electrons. The van der Waals surface area contributed by atoms with Gasteiger partial charge in [-0.2, -0.15) is 4.98 Å². The fraction of sp³-hybridized carbons (Fsp3) is 0.385. The molecule has 0 aliphatic carbocycles. The summed E-state index contributed by atoms with van der Waals surface area (Å²) < 4.78 is 15.6. The lowest BCUT2D eigenvalue weighted by atomic mass is 10.0. The number of ether oxygens (including phenoxy) is 2. The molecule has 6 nitrogen and oxygen atoms in total. The van der Waals surface area contributed by atoms with Gasteiger partial charge in [0.05, 0.1) is 20.8 Å². The van der Waals surface area contributed by atoms with Crippen LogP contribution in [0.1, 0.15) is 18.4 Å². The Labute approximate surface area is 111 Å². The molecule has 0 spiro atoms. The van der Waals surface area contributed by atoms with E-state index in [9.17, 15) is 0 Å². The minimum absolute atomic E-state index is 0.224. The predicted molar refractivity (Wildman–Crippen MR) is 70.1 cm³/mol. The molecule has 102 valence electrons. The fourth-order valence-electron chi connectivity index (χ4n) is 1.87. The van der Waals surface area contributed by atoms with Crippen molar-refractivity contribution < 1.29 is 14.0 Å². The molecule has 2 rings (SSSR count). The second-order valence-corrected chi connectivity index (χ2v) is 3.93. The van der Waals surface area contributed by atoms with Gasteiger partial charge in [-0.1, -0.05) is 12.1 Å². The lowest BCUT2D eigenvalue weighted by Crippen LogP contribution is -1.98. The van der Waals surface area contributed by atoms with Crippen LogP contribution in [0.25, 0.3) is 11.4 Å². The Balaban J connectivity index is 2.54. The van der Waals surface area contributed by atoms with Gasteiger partial charge in [0.1, 0.15) is 0 Å². The van der Waals surface area contributed by atoms with E-state index >= 15 is 0 Å². The van der Waals surface area contributed by atoms with Crippen LogP contribution in [0.3, 0.4) is 0 Å². The van der Waals surface area contributed by atoms with Crippen molar-refractivity contribution in [3.63, 3.8) is 0 Å². The van der Waals surface area contributed by atoms with Crippen molar-refractivity contribution in [2.24, 2.45) is 5.73 Å². The third kappa shape index (κ3) is 2.53. The van der Waals surface area contributed by atoms with Crippen LogP contribution >= 0.6 is 0 Å². The minimum atomic E-state index is 0.224. The van der Waals surface area contributed by atoms with E-state index in [2.05, 4.69) is 17.1 Å². The van der Waals surface area contributed by atoms with E-state index in [1.807, 2.05) is 12.1 Å². The molecule has 2 N–H and O–H groups in total. The van der Waals surface area contributed by atoms with E-state index < -0.39 is 0 Å². The third-order valence-corrected chi connectivity index (χ3v) is 2.87. The number of nitrogens with zero attached hydrogens (tertiary/aromatic N) is 2. The molecule has 0 saturated heterocycles. The molecule has 0 bridgehead atoms. The van der Waals surface area contributed by atoms with Crippen LogP contribution in [0, 0.1) is 0 Å². The molecular weight excluding hydrogens is 246 g/mol. The summed E-state index contributed by atoms with van der Waals surface area (Å²) in [6.07, 6.45) is 0.822. The number of benzene rings is 1. The fourth-order valence-corrected chi connectivity index (χ4v) is 1.87. The number of hydrogen-bond donors (Lipinski definition) is 1. The molecule has 0 fully saturated rings. The first kappa shape index (κ1) is 13.4. The molecular formula is C13H17N3O3. The topological polar surface area (TPSA) is 83.4 Å². The zero-order valence-electron chi connectivity index (χ0n) is 11.3. The summed E-state index contributed by atoms with van der Waals surface area (Å²) in [6, 6.07) is 3.77. The van der Waals surface area contributed by atoms with E-state index in [0.717, 1.165) is 17.5 Å². The van der Waals surface area contributed by atoms with Crippen LogP contribution in [0.4, 0.5) is 0 Å². The third-order valence-electron chi connectivity index (χ3n) is 2.87. The summed E-state index contributed by atoms with van der Waals surface area (Å²) in [5, 5.41) is 3.93. The lowest BCUT2D eigenvalue weighted by Gasteiger charge is -2.12. The van der Waals surface area contributed by atoms with Crippen molar-refractivity contribution in [2.75, 3.05) is 14.2 Å². The van der Waals surface area contributed by atoms with Crippen LogP contribution in [-0.2, 0) is 13.0 Å². The first-order chi connectivity index (χ1) is 9.23. The van der Waals surface area contributed by atoms with Gasteiger partial charge >= 0.3 is 0 Å². The van der Waals surface area contributed by atoms with Gasteiger partial charge in [0.2, 0.25) is 11.7 Å². The second kappa shape index (κ2) is 5.71. The maximum Gasteiger partial charge on any atom is 0.240 e. The lowest BCUT2D eigenvalue weighted by molar-refractivity contribution is 0.354. The van der Waals surface area contributed by atoms with E-state index in [-0.39, 0.29) is 6.54 Å². The summed E-state index contributed by atoms with van der Waals surface area (Å²) in [7, 11) is 3.20. The number of hydrogen-bond acceptors (Lipinski definition) is 6. The van der Waals surface area contributed by atoms with Crippen LogP contribution in [0.15, 0.2) is 16.7 Å². The highest BCUT2D eigenvalue weighted by Crippen LogP contribution is 2.34. The summed E-state index contributed by atoms with van der Waals surface area (Å²) in [5.41, 5.74) is 7.39. The van der Waals surface area contributed by atoms with E-state index in [1.54, 1.807) is 14.2 Å². The van der Waals surface area contributed by atoms with Crippen molar-refractivity contribution in [3.8, 4) is 22.9 Å². The van der Waals surface area contributed by atoms with Crippen LogP contribution in [0.5, 0.6) is 11.5 Å². The summed E-state index contributed by atoms with van der Waals surface area (Å²) >= 11 is 0. The zero-order valence-corrected chi connectivity index (χ0v) is 11.3. The van der Waals surface area contributed by atoms with Crippen LogP contribution in [-0.4, -0.2) is 24.4 Å². The molecule has 1 aromatic carbocycles. The Kier molecular flexibility index (Phi) is 4.01. The van der Waals surface area contributed by atoms with Crippen molar-refractivity contribution in [2.45, 2.75) is 19.9 Å². The van der Waals surface area contributed by atoms with Crippen molar-refractivity contribution in [1.29, 1.82) is 0 Å². The van der Waals surface area contributed by atoms with Gasteiger partial charge in [0.15, 0.2) is 11.5 Å². The van der Waals surface area contributed by atoms with Crippen LogP contribution in [0.2, 0.25) is 0 Å².